The molecule has 0 unspecified atom stereocenters. The third-order valence-corrected chi connectivity index (χ3v) is 3.51. The highest BCUT2D eigenvalue weighted by Gasteiger charge is 2.02. The molecule has 0 saturated heterocycles. The number of nitrogens with zero attached hydrogens (tertiary/aromatic N) is 2. The van der Waals surface area contributed by atoms with Crippen LogP contribution in [0.2, 0.25) is 0 Å². The highest BCUT2D eigenvalue weighted by molar-refractivity contribution is 5.89. The summed E-state index contributed by atoms with van der Waals surface area (Å²) in [4.78, 5) is 2.06. The zero-order valence-corrected chi connectivity index (χ0v) is 12.8. The molecule has 0 amide bonds. The molecule has 0 aliphatic rings. The van der Waals surface area contributed by atoms with Gasteiger partial charge in [-0.1, -0.05) is 43.3 Å². The van der Waals surface area contributed by atoms with Gasteiger partial charge in [-0.05, 0) is 41.3 Å². The predicted octanol–water partition coefficient (Wildman–Crippen LogP) is 4.38. The van der Waals surface area contributed by atoms with Crippen molar-refractivity contribution >= 4 is 17.3 Å². The summed E-state index contributed by atoms with van der Waals surface area (Å²) in [5.41, 5.74) is 5.13. The van der Waals surface area contributed by atoms with Crippen molar-refractivity contribution in [1.29, 1.82) is 5.26 Å². The van der Waals surface area contributed by atoms with Crippen LogP contribution in [0.15, 0.2) is 48.5 Å². The molecule has 0 aromatic heterocycles. The monoisotopic (exact) mass is 276 g/mol. The number of aryl methyl sites for hydroxylation is 1. The lowest BCUT2D eigenvalue weighted by Gasteiger charge is -2.12. The number of allylic oxidation sites excluding steroid dienone is 1. The number of anilines is 1. The minimum Gasteiger partial charge on any atom is -0.378 e. The Labute approximate surface area is 127 Å². The van der Waals surface area contributed by atoms with Crippen LogP contribution in [-0.2, 0) is 6.42 Å². The van der Waals surface area contributed by atoms with Crippen molar-refractivity contribution in [3.63, 3.8) is 0 Å². The van der Waals surface area contributed by atoms with Crippen LogP contribution in [0.4, 0.5) is 5.69 Å². The highest BCUT2D eigenvalue weighted by atomic mass is 15.1. The van der Waals surface area contributed by atoms with E-state index in [2.05, 4.69) is 42.2 Å². The lowest BCUT2D eigenvalue weighted by Crippen LogP contribution is -2.07. The minimum atomic E-state index is 0.690. The number of nitriles is 1. The van der Waals surface area contributed by atoms with Gasteiger partial charge >= 0.3 is 0 Å². The van der Waals surface area contributed by atoms with Gasteiger partial charge in [-0.15, -0.1) is 0 Å². The molecule has 0 radical (unpaired) electrons. The molecule has 2 rings (SSSR count). The molecule has 0 fully saturated rings. The molecule has 0 spiro atoms. The molecule has 0 N–H and O–H groups in total. The van der Waals surface area contributed by atoms with Crippen LogP contribution in [0.1, 0.15) is 23.6 Å². The van der Waals surface area contributed by atoms with E-state index in [1.165, 1.54) is 5.56 Å². The molecule has 0 aliphatic carbocycles. The molecular weight excluding hydrogens is 256 g/mol. The highest BCUT2D eigenvalue weighted by Crippen LogP contribution is 2.20. The van der Waals surface area contributed by atoms with Crippen molar-refractivity contribution in [3.8, 4) is 6.07 Å². The molecule has 0 heterocycles. The first-order valence-corrected chi connectivity index (χ1v) is 7.12. The summed E-state index contributed by atoms with van der Waals surface area (Å²) in [6, 6.07) is 18.7. The molecular formula is C19H20N2. The topological polar surface area (TPSA) is 27.0 Å². The van der Waals surface area contributed by atoms with Crippen LogP contribution in [0.25, 0.3) is 11.6 Å². The zero-order chi connectivity index (χ0) is 15.2. The van der Waals surface area contributed by atoms with Crippen molar-refractivity contribution in [2.45, 2.75) is 13.3 Å². The molecule has 21 heavy (non-hydrogen) atoms. The van der Waals surface area contributed by atoms with E-state index in [9.17, 15) is 5.26 Å². The first kappa shape index (κ1) is 14.9. The lowest BCUT2D eigenvalue weighted by molar-refractivity contribution is 1.13. The van der Waals surface area contributed by atoms with Gasteiger partial charge in [0.05, 0.1) is 11.6 Å². The van der Waals surface area contributed by atoms with Crippen LogP contribution in [0.3, 0.4) is 0 Å². The minimum absolute atomic E-state index is 0.690. The maximum atomic E-state index is 9.38. The SMILES string of the molecule is CCc1ccc(/C(C#N)=C/c2ccc(N(C)C)cc2)cc1. The van der Waals surface area contributed by atoms with Crippen LogP contribution in [0.5, 0.6) is 0 Å². The third kappa shape index (κ3) is 3.73. The maximum Gasteiger partial charge on any atom is 0.0998 e. The molecule has 2 aromatic carbocycles. The van der Waals surface area contributed by atoms with Crippen molar-refractivity contribution in [2.75, 3.05) is 19.0 Å². The quantitative estimate of drug-likeness (QED) is 0.612. The van der Waals surface area contributed by atoms with Crippen molar-refractivity contribution in [1.82, 2.24) is 0 Å². The van der Waals surface area contributed by atoms with Gasteiger partial charge in [0.15, 0.2) is 0 Å². The molecule has 0 saturated carbocycles. The third-order valence-electron chi connectivity index (χ3n) is 3.51. The fraction of sp³-hybridized carbons (Fsp3) is 0.211. The van der Waals surface area contributed by atoms with E-state index in [1.54, 1.807) is 0 Å². The van der Waals surface area contributed by atoms with Gasteiger partial charge in [0.25, 0.3) is 0 Å². The molecule has 0 aliphatic heterocycles. The summed E-state index contributed by atoms with van der Waals surface area (Å²) in [6.45, 7) is 2.13. The van der Waals surface area contributed by atoms with Gasteiger partial charge in [0.1, 0.15) is 0 Å². The summed E-state index contributed by atoms with van der Waals surface area (Å²) < 4.78 is 0. The van der Waals surface area contributed by atoms with E-state index in [-0.39, 0.29) is 0 Å². The summed E-state index contributed by atoms with van der Waals surface area (Å²) >= 11 is 0. The van der Waals surface area contributed by atoms with Gasteiger partial charge in [-0.25, -0.2) is 0 Å². The van der Waals surface area contributed by atoms with Crippen LogP contribution >= 0.6 is 0 Å². The molecule has 2 aromatic rings. The van der Waals surface area contributed by atoms with E-state index < -0.39 is 0 Å². The Balaban J connectivity index is 2.29. The Kier molecular flexibility index (Phi) is 4.79. The fourth-order valence-corrected chi connectivity index (χ4v) is 2.14. The van der Waals surface area contributed by atoms with Gasteiger partial charge in [-0.3, -0.25) is 0 Å². The molecule has 2 heteroatoms. The second-order valence-corrected chi connectivity index (χ2v) is 5.21. The summed E-state index contributed by atoms with van der Waals surface area (Å²) in [5.74, 6) is 0. The van der Waals surface area contributed by atoms with Crippen LogP contribution in [-0.4, -0.2) is 14.1 Å². The van der Waals surface area contributed by atoms with Crippen LogP contribution in [0, 0.1) is 11.3 Å². The maximum absolute atomic E-state index is 9.38. The molecule has 2 nitrogen and oxygen atoms in total. The zero-order valence-electron chi connectivity index (χ0n) is 12.8. The van der Waals surface area contributed by atoms with Crippen LogP contribution < -0.4 is 4.90 Å². The Morgan fingerprint density at radius 3 is 2.14 bits per heavy atom. The average Bonchev–Trinajstić information content (AvgIpc) is 2.53. The lowest BCUT2D eigenvalue weighted by atomic mass is 10.0. The van der Waals surface area contributed by atoms with E-state index in [4.69, 9.17) is 0 Å². The Bertz CT molecular complexity index is 656. The average molecular weight is 276 g/mol. The van der Waals surface area contributed by atoms with Gasteiger partial charge < -0.3 is 4.90 Å². The summed E-state index contributed by atoms with van der Waals surface area (Å²) in [6.07, 6.45) is 2.94. The van der Waals surface area contributed by atoms with E-state index in [0.29, 0.717) is 5.57 Å². The molecule has 0 atom stereocenters. The second-order valence-electron chi connectivity index (χ2n) is 5.21. The molecule has 106 valence electrons. The van der Waals surface area contributed by atoms with Gasteiger partial charge in [-0.2, -0.15) is 5.26 Å². The van der Waals surface area contributed by atoms with Crippen molar-refractivity contribution < 1.29 is 0 Å². The van der Waals surface area contributed by atoms with Crippen molar-refractivity contribution in [3.05, 3.63) is 65.2 Å². The largest absolute Gasteiger partial charge is 0.378 e. The van der Waals surface area contributed by atoms with Gasteiger partial charge in [0, 0.05) is 19.8 Å². The second kappa shape index (κ2) is 6.76. The summed E-state index contributed by atoms with van der Waals surface area (Å²) in [5, 5.41) is 9.38. The molecule has 0 bridgehead atoms. The smallest absolute Gasteiger partial charge is 0.0998 e. The predicted molar refractivity (Wildman–Crippen MR) is 90.1 cm³/mol. The number of hydrogen-bond acceptors (Lipinski definition) is 2. The Hall–Kier alpha value is -2.53. The Morgan fingerprint density at radius 2 is 1.67 bits per heavy atom. The number of rotatable bonds is 4. The van der Waals surface area contributed by atoms with E-state index >= 15 is 0 Å². The number of hydrogen-bond donors (Lipinski definition) is 0. The first-order chi connectivity index (χ1) is 10.1. The fourth-order valence-electron chi connectivity index (χ4n) is 2.14. The Morgan fingerprint density at radius 1 is 1.05 bits per heavy atom. The van der Waals surface area contributed by atoms with Gasteiger partial charge in [0.2, 0.25) is 0 Å². The number of benzene rings is 2. The first-order valence-electron chi connectivity index (χ1n) is 7.12. The van der Waals surface area contributed by atoms with Crippen molar-refractivity contribution in [2.24, 2.45) is 0 Å². The summed E-state index contributed by atoms with van der Waals surface area (Å²) in [7, 11) is 4.03. The van der Waals surface area contributed by atoms with E-state index in [0.717, 1.165) is 23.2 Å². The standard InChI is InChI=1S/C19H20N2/c1-4-15-5-9-17(10-6-15)18(14-20)13-16-7-11-19(12-8-16)21(2)3/h5-13H,4H2,1-3H3/b18-13+. The normalized spacial score (nSPS) is 11.0. The van der Waals surface area contributed by atoms with E-state index in [1.807, 2.05) is 44.4 Å².